The van der Waals surface area contributed by atoms with Crippen molar-refractivity contribution >= 4 is 17.6 Å². The zero-order valence-corrected chi connectivity index (χ0v) is 13.1. The van der Waals surface area contributed by atoms with Crippen molar-refractivity contribution in [3.05, 3.63) is 29.3 Å². The molecule has 1 aromatic rings. The molecule has 0 unspecified atom stereocenters. The minimum Gasteiger partial charge on any atom is -0.544 e. The van der Waals surface area contributed by atoms with Gasteiger partial charge in [-0.05, 0) is 31.0 Å². The molecule has 1 atom stereocenters. The van der Waals surface area contributed by atoms with Gasteiger partial charge in [-0.1, -0.05) is 12.1 Å². The number of hydrogen-bond acceptors (Lipinski definition) is 3. The molecule has 0 saturated carbocycles. The summed E-state index contributed by atoms with van der Waals surface area (Å²) in [4.78, 5) is 24.5. The van der Waals surface area contributed by atoms with Gasteiger partial charge in [0.1, 0.15) is 32.2 Å². The summed E-state index contributed by atoms with van der Waals surface area (Å²) in [6.07, 6.45) is -0.0505. The zero-order chi connectivity index (χ0) is 16.1. The van der Waals surface area contributed by atoms with E-state index in [1.54, 1.807) is 0 Å². The molecule has 1 fully saturated rings. The minimum absolute atomic E-state index is 0.0505. The number of aryl methyl sites for hydroxylation is 2. The summed E-state index contributed by atoms with van der Waals surface area (Å²) < 4.78 is 0. The number of nitrogens with two attached hydrogens (primary N) is 1. The molecule has 0 bridgehead atoms. The first-order valence-corrected chi connectivity index (χ1v) is 7.71. The van der Waals surface area contributed by atoms with Gasteiger partial charge in [-0.15, -0.1) is 0 Å². The monoisotopic (exact) mass is 306 g/mol. The van der Waals surface area contributed by atoms with Crippen molar-refractivity contribution in [2.45, 2.75) is 26.3 Å². The van der Waals surface area contributed by atoms with Crippen LogP contribution in [0.4, 0.5) is 5.69 Å². The third-order valence-electron chi connectivity index (χ3n) is 4.17. The van der Waals surface area contributed by atoms with E-state index in [2.05, 4.69) is 10.6 Å². The summed E-state index contributed by atoms with van der Waals surface area (Å²) in [7, 11) is 0. The summed E-state index contributed by atoms with van der Waals surface area (Å²) in [5, 5.41) is 16.4. The second-order valence-corrected chi connectivity index (χ2v) is 5.97. The van der Waals surface area contributed by atoms with E-state index in [-0.39, 0.29) is 12.3 Å². The number of amides is 1. The minimum atomic E-state index is -1.15. The SMILES string of the molecule is Cc1ccc(C)c(NC(=O)C[C@H](C(=O)[O-])[NH+]2CC[NH2+]CC2)c1. The standard InChI is InChI=1S/C16H23N3O3/c1-11-3-4-12(2)13(9-11)18-15(20)10-14(16(21)22)19-7-5-17-6-8-19/h3-4,9,14,17H,5-8,10H2,1-2H3,(H,18,20)(H,21,22)/p+1/t14-/m1/s1. The van der Waals surface area contributed by atoms with Crippen LogP contribution in [0.2, 0.25) is 0 Å². The Bertz CT molecular complexity index is 554. The lowest BCUT2D eigenvalue weighted by Crippen LogP contribution is -3.24. The van der Waals surface area contributed by atoms with Crippen molar-refractivity contribution in [1.29, 1.82) is 0 Å². The Morgan fingerprint density at radius 3 is 2.64 bits per heavy atom. The van der Waals surface area contributed by atoms with Crippen molar-refractivity contribution in [2.75, 3.05) is 31.5 Å². The molecule has 6 heteroatoms. The Morgan fingerprint density at radius 2 is 2.00 bits per heavy atom. The summed E-state index contributed by atoms with van der Waals surface area (Å²) in [6.45, 7) is 7.13. The maximum atomic E-state index is 12.2. The lowest BCUT2D eigenvalue weighted by Gasteiger charge is -2.30. The number of nitrogens with one attached hydrogen (secondary N) is 2. The average molecular weight is 306 g/mol. The van der Waals surface area contributed by atoms with Gasteiger partial charge in [0, 0.05) is 5.69 Å². The molecule has 1 amide bonds. The highest BCUT2D eigenvalue weighted by atomic mass is 16.4. The Morgan fingerprint density at radius 1 is 1.32 bits per heavy atom. The van der Waals surface area contributed by atoms with Gasteiger partial charge in [0.25, 0.3) is 0 Å². The van der Waals surface area contributed by atoms with Crippen LogP contribution in [0.15, 0.2) is 18.2 Å². The molecule has 2 rings (SSSR count). The number of rotatable bonds is 5. The largest absolute Gasteiger partial charge is 0.544 e. The van der Waals surface area contributed by atoms with Gasteiger partial charge in [-0.25, -0.2) is 0 Å². The Kier molecular flexibility index (Phi) is 5.51. The molecule has 22 heavy (non-hydrogen) atoms. The fraction of sp³-hybridized carbons (Fsp3) is 0.500. The molecular weight excluding hydrogens is 282 g/mol. The molecule has 1 heterocycles. The van der Waals surface area contributed by atoms with E-state index in [1.165, 1.54) is 0 Å². The predicted octanol–water partition coefficient (Wildman–Crippen LogP) is -2.79. The van der Waals surface area contributed by atoms with Crippen molar-refractivity contribution in [1.82, 2.24) is 0 Å². The normalized spacial score (nSPS) is 17.0. The molecule has 0 radical (unpaired) electrons. The van der Waals surface area contributed by atoms with Crippen LogP contribution in [0, 0.1) is 13.8 Å². The van der Waals surface area contributed by atoms with Crippen LogP contribution in [0.25, 0.3) is 0 Å². The predicted molar refractivity (Wildman–Crippen MR) is 80.3 cm³/mol. The lowest BCUT2D eigenvalue weighted by molar-refractivity contribution is -0.961. The number of aliphatic carboxylic acids is 1. The maximum absolute atomic E-state index is 12.2. The number of carboxylic acid groups (broad SMARTS) is 1. The van der Waals surface area contributed by atoms with Crippen molar-refractivity contribution < 1.29 is 24.9 Å². The van der Waals surface area contributed by atoms with Gasteiger partial charge in [0.05, 0.1) is 12.4 Å². The molecule has 120 valence electrons. The number of carboxylic acids is 1. The molecule has 1 aliphatic rings. The highest BCUT2D eigenvalue weighted by Crippen LogP contribution is 2.16. The second-order valence-electron chi connectivity index (χ2n) is 5.97. The van der Waals surface area contributed by atoms with Gasteiger partial charge in [0.2, 0.25) is 5.91 Å². The van der Waals surface area contributed by atoms with Crippen molar-refractivity contribution in [3.8, 4) is 0 Å². The smallest absolute Gasteiger partial charge is 0.230 e. The van der Waals surface area contributed by atoms with Gasteiger partial charge < -0.3 is 25.4 Å². The lowest BCUT2D eigenvalue weighted by atomic mass is 10.1. The Hall–Kier alpha value is -1.92. The molecule has 1 saturated heterocycles. The summed E-state index contributed by atoms with van der Waals surface area (Å²) in [5.41, 5.74) is 2.75. The summed E-state index contributed by atoms with van der Waals surface area (Å²) in [5.74, 6) is -1.42. The van der Waals surface area contributed by atoms with Crippen LogP contribution in [0.1, 0.15) is 17.5 Å². The molecule has 4 N–H and O–H groups in total. The van der Waals surface area contributed by atoms with E-state index in [4.69, 9.17) is 0 Å². The molecule has 6 nitrogen and oxygen atoms in total. The van der Waals surface area contributed by atoms with Gasteiger partial charge in [-0.2, -0.15) is 0 Å². The van der Waals surface area contributed by atoms with Crippen LogP contribution >= 0.6 is 0 Å². The summed E-state index contributed by atoms with van der Waals surface area (Å²) in [6, 6.07) is 5.03. The van der Waals surface area contributed by atoms with E-state index in [0.717, 1.165) is 47.9 Å². The maximum Gasteiger partial charge on any atom is 0.230 e. The number of benzene rings is 1. The number of carbonyl (C=O) groups excluding carboxylic acids is 2. The molecule has 0 spiro atoms. The third kappa shape index (κ3) is 4.29. The van der Waals surface area contributed by atoms with Crippen LogP contribution in [0.5, 0.6) is 0 Å². The number of anilines is 1. The number of piperazine rings is 1. The van der Waals surface area contributed by atoms with Gasteiger partial charge in [0.15, 0.2) is 0 Å². The molecule has 0 aromatic heterocycles. The van der Waals surface area contributed by atoms with Gasteiger partial charge in [-0.3, -0.25) is 4.79 Å². The van der Waals surface area contributed by atoms with Gasteiger partial charge >= 0.3 is 0 Å². The fourth-order valence-corrected chi connectivity index (χ4v) is 2.84. The Balaban J connectivity index is 2.01. The van der Waals surface area contributed by atoms with Crippen LogP contribution < -0.4 is 20.6 Å². The first-order chi connectivity index (χ1) is 10.5. The van der Waals surface area contributed by atoms with Crippen molar-refractivity contribution in [2.24, 2.45) is 0 Å². The van der Waals surface area contributed by atoms with Crippen LogP contribution in [-0.2, 0) is 9.59 Å². The number of carbonyl (C=O) groups is 2. The first kappa shape index (κ1) is 16.5. The molecule has 0 aliphatic carbocycles. The second kappa shape index (κ2) is 7.38. The summed E-state index contributed by atoms with van der Waals surface area (Å²) >= 11 is 0. The van der Waals surface area contributed by atoms with Crippen molar-refractivity contribution in [3.63, 3.8) is 0 Å². The third-order valence-corrected chi connectivity index (χ3v) is 4.17. The quantitative estimate of drug-likeness (QED) is 0.549. The number of quaternary nitrogens is 2. The zero-order valence-electron chi connectivity index (χ0n) is 13.1. The van der Waals surface area contributed by atoms with Crippen LogP contribution in [-0.4, -0.2) is 44.1 Å². The van der Waals surface area contributed by atoms with E-state index >= 15 is 0 Å². The van der Waals surface area contributed by atoms with Crippen LogP contribution in [0.3, 0.4) is 0 Å². The average Bonchev–Trinajstić information content (AvgIpc) is 2.49. The topological polar surface area (TPSA) is 90.3 Å². The molecule has 1 aromatic carbocycles. The number of hydrogen-bond donors (Lipinski definition) is 3. The highest BCUT2D eigenvalue weighted by molar-refractivity contribution is 5.94. The fourth-order valence-electron chi connectivity index (χ4n) is 2.84. The van der Waals surface area contributed by atoms with E-state index < -0.39 is 12.0 Å². The van der Waals surface area contributed by atoms with E-state index in [9.17, 15) is 14.7 Å². The Labute approximate surface area is 130 Å². The van der Waals surface area contributed by atoms with E-state index in [0.29, 0.717) is 0 Å². The molecule has 1 aliphatic heterocycles. The molecular formula is C16H24N3O3+. The highest BCUT2D eigenvalue weighted by Gasteiger charge is 2.29. The first-order valence-electron chi connectivity index (χ1n) is 7.71. The van der Waals surface area contributed by atoms with E-state index in [1.807, 2.05) is 32.0 Å².